The van der Waals surface area contributed by atoms with Gasteiger partial charge in [0.05, 0.1) is 0 Å². The molecule has 40 heavy (non-hydrogen) atoms. The van der Waals surface area contributed by atoms with E-state index in [1.165, 1.54) is 89.0 Å². The molecule has 0 atom stereocenters. The first-order valence-corrected chi connectivity index (χ1v) is 14.1. The fourth-order valence-corrected chi connectivity index (χ4v) is 6.25. The number of aryl methyl sites for hydroxylation is 2. The van der Waals surface area contributed by atoms with Gasteiger partial charge in [0.15, 0.2) is 0 Å². The Kier molecular flexibility index (Phi) is 5.79. The topological polar surface area (TPSA) is 0 Å². The van der Waals surface area contributed by atoms with Crippen LogP contribution in [0, 0.1) is 27.7 Å². The van der Waals surface area contributed by atoms with E-state index in [0.29, 0.717) is 0 Å². The Hall–Kier alpha value is -4.68. The Morgan fingerprint density at radius 1 is 0.250 bits per heavy atom. The molecule has 0 aromatic heterocycles. The van der Waals surface area contributed by atoms with E-state index in [2.05, 4.69) is 149 Å². The molecule has 0 nitrogen and oxygen atoms in total. The second kappa shape index (κ2) is 9.50. The van der Waals surface area contributed by atoms with Gasteiger partial charge in [-0.15, -0.1) is 0 Å². The van der Waals surface area contributed by atoms with Crippen molar-refractivity contribution in [1.29, 1.82) is 0 Å². The lowest BCUT2D eigenvalue weighted by molar-refractivity contribution is 1.34. The molecule has 0 amide bonds. The highest BCUT2D eigenvalue weighted by Crippen LogP contribution is 2.37. The third kappa shape index (κ3) is 4.08. The van der Waals surface area contributed by atoms with Gasteiger partial charge < -0.3 is 0 Å². The van der Waals surface area contributed by atoms with Crippen LogP contribution in [0.5, 0.6) is 0 Å². The normalized spacial score (nSPS) is 11.5. The first-order valence-electron chi connectivity index (χ1n) is 14.1. The molecule has 0 saturated heterocycles. The number of rotatable bonds is 0. The van der Waals surface area contributed by atoms with Crippen LogP contribution >= 0.6 is 0 Å². The fourth-order valence-electron chi connectivity index (χ4n) is 6.25. The van der Waals surface area contributed by atoms with Crippen molar-refractivity contribution in [3.63, 3.8) is 0 Å². The van der Waals surface area contributed by atoms with E-state index >= 15 is 0 Å². The van der Waals surface area contributed by atoms with E-state index in [4.69, 9.17) is 0 Å². The molecule has 12 bridgehead atoms. The van der Waals surface area contributed by atoms with Crippen molar-refractivity contribution >= 4 is 0 Å². The van der Waals surface area contributed by atoms with Crippen LogP contribution in [0.15, 0.2) is 121 Å². The van der Waals surface area contributed by atoms with Gasteiger partial charge in [-0.1, -0.05) is 121 Å². The SMILES string of the molecule is Cc1cc2c(C)cc1-c1ccc(cc1)-c1ccc(cc1)-c1ccc(c(C)c1C)-c1ccc(cc1)-c1ccc-2cc1. The lowest BCUT2D eigenvalue weighted by atomic mass is 9.89. The summed E-state index contributed by atoms with van der Waals surface area (Å²) < 4.78 is 0. The third-order valence-corrected chi connectivity index (χ3v) is 8.81. The van der Waals surface area contributed by atoms with E-state index in [1.807, 2.05) is 0 Å². The minimum Gasteiger partial charge on any atom is -0.0538 e. The van der Waals surface area contributed by atoms with Gasteiger partial charge in [-0.2, -0.15) is 0 Å². The smallest absolute Gasteiger partial charge is 0.0152 e. The maximum Gasteiger partial charge on any atom is -0.0152 e. The average Bonchev–Trinajstić information content (AvgIpc) is 3.00. The first kappa shape index (κ1) is 24.4. The van der Waals surface area contributed by atoms with E-state index in [9.17, 15) is 0 Å². The predicted molar refractivity (Wildman–Crippen MR) is 172 cm³/mol. The standard InChI is InChI=1S/C40H32/c1-25-23-40-26(2)24-39(25)35-17-9-31(10-18-35)29-5-13-33(14-6-29)37-21-22-38(28(4)27(37)3)34-15-7-30(8-16-34)32-11-19-36(40)20-12-32/h5-24H,1-4H3. The van der Waals surface area contributed by atoms with Gasteiger partial charge in [-0.05, 0) is 117 Å². The fraction of sp³-hybridized carbons (Fsp3) is 0.100. The summed E-state index contributed by atoms with van der Waals surface area (Å²) in [6, 6.07) is 45.3. The molecule has 0 heteroatoms. The average molecular weight is 513 g/mol. The van der Waals surface area contributed by atoms with Gasteiger partial charge in [0.1, 0.15) is 0 Å². The Morgan fingerprint density at radius 2 is 0.475 bits per heavy atom. The zero-order valence-corrected chi connectivity index (χ0v) is 23.5. The second-order valence-electron chi connectivity index (χ2n) is 11.2. The van der Waals surface area contributed by atoms with Crippen LogP contribution in [0.1, 0.15) is 22.3 Å². The quantitative estimate of drug-likeness (QED) is 0.189. The molecular weight excluding hydrogens is 480 g/mol. The Balaban J connectivity index is 1.41. The van der Waals surface area contributed by atoms with Crippen molar-refractivity contribution < 1.29 is 0 Å². The monoisotopic (exact) mass is 512 g/mol. The molecule has 0 N–H and O–H groups in total. The summed E-state index contributed by atoms with van der Waals surface area (Å²) in [6.45, 7) is 8.94. The predicted octanol–water partition coefficient (Wildman–Crippen LogP) is 11.2. The Labute approximate surface area is 237 Å². The lowest BCUT2D eigenvalue weighted by Gasteiger charge is -2.16. The van der Waals surface area contributed by atoms with Crippen LogP contribution in [0.3, 0.4) is 0 Å². The molecule has 0 heterocycles. The van der Waals surface area contributed by atoms with Crippen molar-refractivity contribution in [3.05, 3.63) is 144 Å². The van der Waals surface area contributed by atoms with Crippen molar-refractivity contribution in [2.45, 2.75) is 27.7 Å². The molecule has 6 aromatic rings. The molecular formula is C40H32. The molecule has 6 aromatic carbocycles. The number of hydrogen-bond donors (Lipinski definition) is 0. The molecule has 0 spiro atoms. The van der Waals surface area contributed by atoms with Gasteiger partial charge in [-0.3, -0.25) is 0 Å². The highest BCUT2D eigenvalue weighted by Gasteiger charge is 2.13. The zero-order valence-electron chi connectivity index (χ0n) is 23.5. The maximum absolute atomic E-state index is 2.34. The zero-order chi connectivity index (χ0) is 27.4. The van der Waals surface area contributed by atoms with Gasteiger partial charge in [0, 0.05) is 0 Å². The lowest BCUT2D eigenvalue weighted by Crippen LogP contribution is -1.93. The molecule has 0 radical (unpaired) electrons. The highest BCUT2D eigenvalue weighted by atomic mass is 14.2. The van der Waals surface area contributed by atoms with Crippen LogP contribution in [-0.2, 0) is 0 Å². The summed E-state index contributed by atoms with van der Waals surface area (Å²) in [5.41, 5.74) is 20.4. The summed E-state index contributed by atoms with van der Waals surface area (Å²) in [5, 5.41) is 0. The summed E-state index contributed by atoms with van der Waals surface area (Å²) in [6.07, 6.45) is 0. The maximum atomic E-state index is 2.34. The van der Waals surface area contributed by atoms with Crippen LogP contribution in [-0.4, -0.2) is 0 Å². The van der Waals surface area contributed by atoms with Gasteiger partial charge in [-0.25, -0.2) is 0 Å². The number of hydrogen-bond acceptors (Lipinski definition) is 0. The highest BCUT2D eigenvalue weighted by molar-refractivity contribution is 5.82. The second-order valence-corrected chi connectivity index (χ2v) is 11.2. The molecule has 0 fully saturated rings. The van der Waals surface area contributed by atoms with Crippen LogP contribution in [0.4, 0.5) is 0 Å². The van der Waals surface area contributed by atoms with Crippen molar-refractivity contribution in [1.82, 2.24) is 0 Å². The van der Waals surface area contributed by atoms with E-state index in [0.717, 1.165) is 0 Å². The van der Waals surface area contributed by atoms with Crippen LogP contribution in [0.25, 0.3) is 66.8 Å². The molecule has 16 aliphatic carbocycles. The number of benzene rings is 6. The molecule has 0 unspecified atom stereocenters. The third-order valence-electron chi connectivity index (χ3n) is 8.81. The first-order chi connectivity index (χ1) is 19.5. The summed E-state index contributed by atoms with van der Waals surface area (Å²) in [4.78, 5) is 0. The van der Waals surface area contributed by atoms with E-state index in [1.54, 1.807) is 0 Å². The van der Waals surface area contributed by atoms with Crippen LogP contribution in [0.2, 0.25) is 0 Å². The summed E-state index contributed by atoms with van der Waals surface area (Å²) in [5.74, 6) is 0. The molecule has 192 valence electrons. The van der Waals surface area contributed by atoms with Gasteiger partial charge in [0.2, 0.25) is 0 Å². The van der Waals surface area contributed by atoms with Crippen molar-refractivity contribution in [3.8, 4) is 66.8 Å². The summed E-state index contributed by atoms with van der Waals surface area (Å²) >= 11 is 0. The Bertz CT molecular complexity index is 1640. The largest absolute Gasteiger partial charge is 0.0538 e. The molecule has 0 aliphatic heterocycles. The van der Waals surface area contributed by atoms with Gasteiger partial charge in [0.25, 0.3) is 0 Å². The summed E-state index contributed by atoms with van der Waals surface area (Å²) in [7, 11) is 0. The molecule has 16 aliphatic rings. The van der Waals surface area contributed by atoms with Crippen molar-refractivity contribution in [2.75, 3.05) is 0 Å². The molecule has 22 rings (SSSR count). The Morgan fingerprint density at radius 3 is 0.750 bits per heavy atom. The minimum atomic E-state index is 1.24. The van der Waals surface area contributed by atoms with Gasteiger partial charge >= 0.3 is 0 Å². The van der Waals surface area contributed by atoms with Crippen LogP contribution < -0.4 is 0 Å². The van der Waals surface area contributed by atoms with E-state index in [-0.39, 0.29) is 0 Å². The minimum absolute atomic E-state index is 1.24. The molecule has 0 saturated carbocycles. The van der Waals surface area contributed by atoms with Crippen molar-refractivity contribution in [2.24, 2.45) is 0 Å². The van der Waals surface area contributed by atoms with E-state index < -0.39 is 0 Å².